The Morgan fingerprint density at radius 1 is 1.19 bits per heavy atom. The van der Waals surface area contributed by atoms with Gasteiger partial charge in [-0.1, -0.05) is 6.42 Å². The van der Waals surface area contributed by atoms with Crippen molar-refractivity contribution in [3.05, 3.63) is 35.4 Å². The Bertz CT molecular complexity index is 552. The molecular weight excluding hydrogens is 298 g/mol. The molecular formula is C14H20F2N2O2S. The fourth-order valence-electron chi connectivity index (χ4n) is 2.50. The van der Waals surface area contributed by atoms with Crippen molar-refractivity contribution in [2.24, 2.45) is 0 Å². The maximum atomic E-state index is 13.0. The Kier molecular flexibility index (Phi) is 5.66. The van der Waals surface area contributed by atoms with E-state index in [1.54, 1.807) is 0 Å². The number of halogens is 2. The summed E-state index contributed by atoms with van der Waals surface area (Å²) in [6.07, 6.45) is 3.23. The Balaban J connectivity index is 1.81. The molecule has 0 saturated carbocycles. The van der Waals surface area contributed by atoms with Crippen LogP contribution in [0.25, 0.3) is 0 Å². The minimum atomic E-state index is -3.37. The monoisotopic (exact) mass is 318 g/mol. The Morgan fingerprint density at radius 2 is 1.90 bits per heavy atom. The minimum Gasteiger partial charge on any atom is -0.313 e. The van der Waals surface area contributed by atoms with Crippen molar-refractivity contribution in [2.45, 2.75) is 31.7 Å². The molecule has 0 spiro atoms. The molecule has 1 aliphatic heterocycles. The van der Waals surface area contributed by atoms with E-state index < -0.39 is 21.7 Å². The Hall–Kier alpha value is -1.05. The first kappa shape index (κ1) is 16.3. The second-order valence-corrected chi connectivity index (χ2v) is 7.20. The van der Waals surface area contributed by atoms with Crippen LogP contribution in [0.1, 0.15) is 24.8 Å². The molecule has 2 N–H and O–H groups in total. The van der Waals surface area contributed by atoms with Crippen LogP contribution in [0.5, 0.6) is 0 Å². The molecule has 1 unspecified atom stereocenters. The van der Waals surface area contributed by atoms with E-state index in [2.05, 4.69) is 10.0 Å². The van der Waals surface area contributed by atoms with Crippen LogP contribution in [-0.4, -0.2) is 33.3 Å². The van der Waals surface area contributed by atoms with Gasteiger partial charge in [0.1, 0.15) is 11.6 Å². The van der Waals surface area contributed by atoms with E-state index in [1.807, 2.05) is 0 Å². The van der Waals surface area contributed by atoms with Crippen molar-refractivity contribution in [3.8, 4) is 0 Å². The van der Waals surface area contributed by atoms with E-state index in [1.165, 1.54) is 12.1 Å². The van der Waals surface area contributed by atoms with Crippen LogP contribution in [0.4, 0.5) is 8.78 Å². The first-order chi connectivity index (χ1) is 9.94. The lowest BCUT2D eigenvalue weighted by molar-refractivity contribution is 0.422. The first-order valence-corrected chi connectivity index (χ1v) is 8.75. The van der Waals surface area contributed by atoms with E-state index in [9.17, 15) is 17.2 Å². The van der Waals surface area contributed by atoms with Gasteiger partial charge < -0.3 is 5.32 Å². The molecule has 0 bridgehead atoms. The van der Waals surface area contributed by atoms with Crippen LogP contribution in [0.2, 0.25) is 0 Å². The average Bonchev–Trinajstić information content (AvgIpc) is 2.37. The van der Waals surface area contributed by atoms with Gasteiger partial charge in [0.15, 0.2) is 0 Å². The highest BCUT2D eigenvalue weighted by Gasteiger charge is 2.20. The maximum absolute atomic E-state index is 13.0. The number of sulfonamides is 1. The molecule has 4 nitrogen and oxygen atoms in total. The highest BCUT2D eigenvalue weighted by atomic mass is 32.2. The predicted molar refractivity (Wildman–Crippen MR) is 77.5 cm³/mol. The molecule has 0 amide bonds. The smallest absolute Gasteiger partial charge is 0.213 e. The fourth-order valence-corrected chi connectivity index (χ4v) is 3.84. The standard InChI is InChI=1S/C14H20F2N2O2S/c15-12-7-11(8-13(16)9-12)4-6-18-21(19,20)10-14-3-1-2-5-17-14/h7-9,14,17-18H,1-6,10H2. The first-order valence-electron chi connectivity index (χ1n) is 7.10. The van der Waals surface area contributed by atoms with Crippen molar-refractivity contribution in [3.63, 3.8) is 0 Å². The molecule has 2 rings (SSSR count). The molecule has 7 heteroatoms. The molecule has 1 saturated heterocycles. The predicted octanol–water partition coefficient (Wildman–Crippen LogP) is 1.57. The van der Waals surface area contributed by atoms with E-state index in [4.69, 9.17) is 0 Å². The zero-order valence-electron chi connectivity index (χ0n) is 11.7. The van der Waals surface area contributed by atoms with Crippen LogP contribution in [0.3, 0.4) is 0 Å². The molecule has 0 radical (unpaired) electrons. The SMILES string of the molecule is O=S(=O)(CC1CCCCN1)NCCc1cc(F)cc(F)c1. The van der Waals surface area contributed by atoms with Gasteiger partial charge in [0.05, 0.1) is 5.75 Å². The number of hydrogen-bond acceptors (Lipinski definition) is 3. The number of rotatable bonds is 6. The van der Waals surface area contributed by atoms with Gasteiger partial charge in [0, 0.05) is 18.7 Å². The number of piperidine rings is 1. The molecule has 1 aliphatic rings. The second-order valence-electron chi connectivity index (χ2n) is 5.35. The van der Waals surface area contributed by atoms with Crippen LogP contribution in [0.15, 0.2) is 18.2 Å². The topological polar surface area (TPSA) is 58.2 Å². The zero-order valence-corrected chi connectivity index (χ0v) is 12.6. The van der Waals surface area contributed by atoms with Crippen molar-refractivity contribution in [1.29, 1.82) is 0 Å². The molecule has 21 heavy (non-hydrogen) atoms. The van der Waals surface area contributed by atoms with Crippen molar-refractivity contribution in [2.75, 3.05) is 18.8 Å². The van der Waals surface area contributed by atoms with Gasteiger partial charge in [-0.05, 0) is 43.5 Å². The number of benzene rings is 1. The lowest BCUT2D eigenvalue weighted by atomic mass is 10.1. The third-order valence-electron chi connectivity index (χ3n) is 3.49. The second kappa shape index (κ2) is 7.29. The van der Waals surface area contributed by atoms with Crippen molar-refractivity contribution < 1.29 is 17.2 Å². The van der Waals surface area contributed by atoms with Crippen LogP contribution in [0, 0.1) is 11.6 Å². The zero-order chi connectivity index (χ0) is 15.3. The molecule has 118 valence electrons. The summed E-state index contributed by atoms with van der Waals surface area (Å²) < 4.78 is 52.4. The van der Waals surface area contributed by atoms with Crippen LogP contribution >= 0.6 is 0 Å². The van der Waals surface area contributed by atoms with Gasteiger partial charge in [-0.3, -0.25) is 0 Å². The summed E-state index contributed by atoms with van der Waals surface area (Å²) >= 11 is 0. The summed E-state index contributed by atoms with van der Waals surface area (Å²) in [6, 6.07) is 3.20. The third-order valence-corrected chi connectivity index (χ3v) is 4.98. The summed E-state index contributed by atoms with van der Waals surface area (Å²) in [7, 11) is -3.37. The molecule has 0 aliphatic carbocycles. The summed E-state index contributed by atoms with van der Waals surface area (Å²) in [5.41, 5.74) is 0.436. The molecule has 1 heterocycles. The molecule has 0 aromatic heterocycles. The van der Waals surface area contributed by atoms with Crippen molar-refractivity contribution >= 4 is 10.0 Å². The van der Waals surface area contributed by atoms with Gasteiger partial charge in [-0.15, -0.1) is 0 Å². The van der Waals surface area contributed by atoms with Gasteiger partial charge >= 0.3 is 0 Å². The van der Waals surface area contributed by atoms with Gasteiger partial charge in [-0.25, -0.2) is 21.9 Å². The minimum absolute atomic E-state index is 0.0112. The fraction of sp³-hybridized carbons (Fsp3) is 0.571. The summed E-state index contributed by atoms with van der Waals surface area (Å²) in [6.45, 7) is 0.987. The largest absolute Gasteiger partial charge is 0.313 e. The summed E-state index contributed by atoms with van der Waals surface area (Å²) in [5.74, 6) is -1.26. The van der Waals surface area contributed by atoms with E-state index >= 15 is 0 Å². The molecule has 1 aromatic carbocycles. The number of nitrogens with one attached hydrogen (secondary N) is 2. The van der Waals surface area contributed by atoms with Gasteiger partial charge in [-0.2, -0.15) is 0 Å². The molecule has 1 atom stereocenters. The van der Waals surface area contributed by atoms with Crippen molar-refractivity contribution in [1.82, 2.24) is 10.0 Å². The lowest BCUT2D eigenvalue weighted by Gasteiger charge is -2.23. The summed E-state index contributed by atoms with van der Waals surface area (Å²) in [5, 5.41) is 3.18. The van der Waals surface area contributed by atoms with E-state index in [0.29, 0.717) is 5.56 Å². The Morgan fingerprint density at radius 3 is 2.52 bits per heavy atom. The van der Waals surface area contributed by atoms with Crippen LogP contribution < -0.4 is 10.0 Å². The Labute approximate surface area is 124 Å². The molecule has 1 aromatic rings. The van der Waals surface area contributed by atoms with Gasteiger partial charge in [0.2, 0.25) is 10.0 Å². The average molecular weight is 318 g/mol. The van der Waals surface area contributed by atoms with E-state index in [0.717, 1.165) is 31.9 Å². The summed E-state index contributed by atoms with van der Waals surface area (Å²) in [4.78, 5) is 0. The quantitative estimate of drug-likeness (QED) is 0.837. The highest BCUT2D eigenvalue weighted by molar-refractivity contribution is 7.89. The maximum Gasteiger partial charge on any atom is 0.213 e. The van der Waals surface area contributed by atoms with Crippen LogP contribution in [-0.2, 0) is 16.4 Å². The van der Waals surface area contributed by atoms with Gasteiger partial charge in [0.25, 0.3) is 0 Å². The highest BCUT2D eigenvalue weighted by Crippen LogP contribution is 2.10. The lowest BCUT2D eigenvalue weighted by Crippen LogP contribution is -2.42. The molecule has 1 fully saturated rings. The van der Waals surface area contributed by atoms with E-state index in [-0.39, 0.29) is 24.8 Å². The third kappa shape index (κ3) is 5.68. The number of hydrogen-bond donors (Lipinski definition) is 2. The normalized spacial score (nSPS) is 19.6.